The highest BCUT2D eigenvalue weighted by atomic mass is 16.7. The zero-order chi connectivity index (χ0) is 29.7. The highest BCUT2D eigenvalue weighted by molar-refractivity contribution is 5.39. The summed E-state index contributed by atoms with van der Waals surface area (Å²) in [6.45, 7) is 14.0. The summed E-state index contributed by atoms with van der Waals surface area (Å²) in [7, 11) is 0. The molecule has 13 unspecified atom stereocenters. The Hall–Kier alpha value is -1.02. The van der Waals surface area contributed by atoms with Crippen LogP contribution < -0.4 is 0 Å². The van der Waals surface area contributed by atoms with Crippen molar-refractivity contribution >= 4 is 0 Å². The minimum Gasteiger partial charge on any atom is -0.394 e. The van der Waals surface area contributed by atoms with Crippen molar-refractivity contribution in [2.24, 2.45) is 46.3 Å². The first kappa shape index (κ1) is 31.4. The van der Waals surface area contributed by atoms with Gasteiger partial charge in [-0.25, -0.2) is 0 Å². The standard InChI is InChI=1S/C35H56O6/c1-7-22(20(2)3)9-8-21(4)26-12-13-27-25-11-10-23-18-24(14-16-34(23,5)28(25)15-17-35(26,27)6)40-33-32(39)31(38)30(37)29(19-36)41-33/h8-11,20-22,24,26-33,36-39H,7,12-19H2,1-6H3. The Morgan fingerprint density at radius 3 is 2.39 bits per heavy atom. The molecule has 41 heavy (non-hydrogen) atoms. The van der Waals surface area contributed by atoms with Gasteiger partial charge in [-0.1, -0.05) is 77.0 Å². The summed E-state index contributed by atoms with van der Waals surface area (Å²) in [6.07, 6.45) is 12.6. The molecule has 0 aromatic rings. The molecule has 1 saturated heterocycles. The zero-order valence-electron chi connectivity index (χ0n) is 26.2. The van der Waals surface area contributed by atoms with Crippen LogP contribution >= 0.6 is 0 Å². The molecule has 13 atom stereocenters. The van der Waals surface area contributed by atoms with Crippen LogP contribution in [-0.4, -0.2) is 63.8 Å². The smallest absolute Gasteiger partial charge is 0.186 e. The number of rotatable bonds is 8. The lowest BCUT2D eigenvalue weighted by Gasteiger charge is -2.55. The van der Waals surface area contributed by atoms with Gasteiger partial charge in [-0.3, -0.25) is 0 Å². The summed E-state index contributed by atoms with van der Waals surface area (Å²) in [5.41, 5.74) is 3.58. The molecule has 0 spiro atoms. The second kappa shape index (κ2) is 12.2. The molecular weight excluding hydrogens is 516 g/mol. The van der Waals surface area contributed by atoms with E-state index in [1.807, 2.05) is 0 Å². The maximum atomic E-state index is 10.5. The lowest BCUT2D eigenvalue weighted by molar-refractivity contribution is -0.312. The van der Waals surface area contributed by atoms with Crippen LogP contribution in [0.1, 0.15) is 92.9 Å². The van der Waals surface area contributed by atoms with Gasteiger partial charge in [-0.2, -0.15) is 0 Å². The van der Waals surface area contributed by atoms with Crippen molar-refractivity contribution < 1.29 is 29.9 Å². The molecule has 1 heterocycles. The molecular formula is C35H56O6. The molecule has 5 aliphatic rings. The predicted molar refractivity (Wildman–Crippen MR) is 161 cm³/mol. The van der Waals surface area contributed by atoms with Crippen molar-refractivity contribution in [3.8, 4) is 0 Å². The van der Waals surface area contributed by atoms with Crippen molar-refractivity contribution in [3.05, 3.63) is 35.5 Å². The first-order valence-electron chi connectivity index (χ1n) is 16.5. The van der Waals surface area contributed by atoms with Gasteiger partial charge in [0.2, 0.25) is 0 Å². The molecule has 6 nitrogen and oxygen atoms in total. The van der Waals surface area contributed by atoms with Gasteiger partial charge < -0.3 is 29.9 Å². The van der Waals surface area contributed by atoms with E-state index in [1.54, 1.807) is 5.57 Å². The second-order valence-electron chi connectivity index (χ2n) is 14.9. The lowest BCUT2D eigenvalue weighted by atomic mass is 9.50. The average Bonchev–Trinajstić information content (AvgIpc) is 3.30. The average molecular weight is 573 g/mol. The number of fused-ring (bicyclic) bond motifs is 5. The maximum absolute atomic E-state index is 10.5. The summed E-state index contributed by atoms with van der Waals surface area (Å²) in [5.74, 6) is 3.93. The van der Waals surface area contributed by atoms with Crippen LogP contribution in [0, 0.1) is 46.3 Å². The number of aliphatic hydroxyl groups is 4. The van der Waals surface area contributed by atoms with Gasteiger partial charge in [0.25, 0.3) is 0 Å². The summed E-state index contributed by atoms with van der Waals surface area (Å²) < 4.78 is 11.8. The minimum atomic E-state index is -1.41. The van der Waals surface area contributed by atoms with E-state index < -0.39 is 37.3 Å². The third kappa shape index (κ3) is 5.55. The Labute approximate surface area is 247 Å². The molecule has 232 valence electrons. The van der Waals surface area contributed by atoms with E-state index in [-0.39, 0.29) is 11.5 Å². The molecule has 0 aromatic heterocycles. The van der Waals surface area contributed by atoms with E-state index in [0.717, 1.165) is 25.2 Å². The number of aliphatic hydroxyl groups excluding tert-OH is 4. The van der Waals surface area contributed by atoms with Crippen LogP contribution in [-0.2, 0) is 9.47 Å². The summed E-state index contributed by atoms with van der Waals surface area (Å²) >= 11 is 0. The molecule has 4 N–H and O–H groups in total. The molecule has 4 fully saturated rings. The van der Waals surface area contributed by atoms with Gasteiger partial charge in [0.1, 0.15) is 24.4 Å². The van der Waals surface area contributed by atoms with E-state index in [2.05, 4.69) is 65.8 Å². The van der Waals surface area contributed by atoms with Crippen molar-refractivity contribution in [2.45, 2.75) is 130 Å². The fourth-order valence-corrected chi connectivity index (χ4v) is 9.64. The molecule has 0 bridgehead atoms. The third-order valence-electron chi connectivity index (χ3n) is 12.4. The Bertz CT molecular complexity index is 1020. The van der Waals surface area contributed by atoms with Crippen molar-refractivity contribution in [2.75, 3.05) is 6.61 Å². The maximum Gasteiger partial charge on any atom is 0.186 e. The van der Waals surface area contributed by atoms with E-state index in [4.69, 9.17) is 9.47 Å². The largest absolute Gasteiger partial charge is 0.394 e. The van der Waals surface area contributed by atoms with Gasteiger partial charge in [0, 0.05) is 0 Å². The van der Waals surface area contributed by atoms with Crippen molar-refractivity contribution in [1.82, 2.24) is 0 Å². The first-order chi connectivity index (χ1) is 19.4. The Kier molecular flexibility index (Phi) is 9.32. The molecule has 3 saturated carbocycles. The van der Waals surface area contributed by atoms with Gasteiger partial charge in [-0.15, -0.1) is 0 Å². The third-order valence-corrected chi connectivity index (χ3v) is 12.4. The molecule has 1 aliphatic heterocycles. The molecule has 6 heteroatoms. The highest BCUT2D eigenvalue weighted by Crippen LogP contribution is 2.66. The van der Waals surface area contributed by atoms with Crippen LogP contribution in [0.15, 0.2) is 35.5 Å². The normalized spacial score (nSPS) is 46.0. The van der Waals surface area contributed by atoms with Gasteiger partial charge in [0.05, 0.1) is 12.7 Å². The van der Waals surface area contributed by atoms with E-state index in [9.17, 15) is 20.4 Å². The van der Waals surface area contributed by atoms with Gasteiger partial charge in [0.15, 0.2) is 6.29 Å². The molecule has 0 radical (unpaired) electrons. The Morgan fingerprint density at radius 1 is 0.951 bits per heavy atom. The second-order valence-corrected chi connectivity index (χ2v) is 14.9. The highest BCUT2D eigenvalue weighted by Gasteiger charge is 2.57. The zero-order valence-corrected chi connectivity index (χ0v) is 26.2. The lowest BCUT2D eigenvalue weighted by Crippen LogP contribution is -2.60. The number of hydrogen-bond acceptors (Lipinski definition) is 6. The topological polar surface area (TPSA) is 99.4 Å². The first-order valence-corrected chi connectivity index (χ1v) is 16.5. The monoisotopic (exact) mass is 572 g/mol. The van der Waals surface area contributed by atoms with Crippen LogP contribution in [0.25, 0.3) is 0 Å². The Balaban J connectivity index is 1.29. The van der Waals surface area contributed by atoms with Gasteiger partial charge in [-0.05, 0) is 97.7 Å². The van der Waals surface area contributed by atoms with E-state index in [0.29, 0.717) is 35.0 Å². The van der Waals surface area contributed by atoms with E-state index >= 15 is 0 Å². The summed E-state index contributed by atoms with van der Waals surface area (Å²) in [6, 6.07) is 0. The van der Waals surface area contributed by atoms with Gasteiger partial charge >= 0.3 is 0 Å². The van der Waals surface area contributed by atoms with Crippen LogP contribution in [0.2, 0.25) is 0 Å². The molecule has 0 aromatic carbocycles. The van der Waals surface area contributed by atoms with E-state index in [1.165, 1.54) is 37.7 Å². The van der Waals surface area contributed by atoms with Crippen molar-refractivity contribution in [1.29, 1.82) is 0 Å². The number of allylic oxidation sites excluding steroid dienone is 5. The summed E-state index contributed by atoms with van der Waals surface area (Å²) in [4.78, 5) is 0. The SMILES string of the molecule is CCC(C=CC(C)C1CCC2C3=CC=C4CC(OC5OC(CO)C(O)C(O)C5O)CCC4(C)C3CCC21C)C(C)C. The fourth-order valence-electron chi connectivity index (χ4n) is 9.64. The quantitative estimate of drug-likeness (QED) is 0.285. The number of hydrogen-bond donors (Lipinski definition) is 4. The molecule has 0 amide bonds. The predicted octanol–water partition coefficient (Wildman–Crippen LogP) is 5.55. The van der Waals surface area contributed by atoms with Crippen LogP contribution in [0.4, 0.5) is 0 Å². The summed E-state index contributed by atoms with van der Waals surface area (Å²) in [5, 5.41) is 40.3. The molecule has 5 rings (SSSR count). The molecule has 4 aliphatic carbocycles. The van der Waals surface area contributed by atoms with Crippen molar-refractivity contribution in [3.63, 3.8) is 0 Å². The van der Waals surface area contributed by atoms with Crippen LogP contribution in [0.5, 0.6) is 0 Å². The fraction of sp³-hybridized carbons (Fsp3) is 0.829. The number of ether oxygens (including phenoxy) is 2. The Morgan fingerprint density at radius 2 is 1.71 bits per heavy atom. The van der Waals surface area contributed by atoms with Crippen LogP contribution in [0.3, 0.4) is 0 Å². The minimum absolute atomic E-state index is 0.121.